The number of urea groups is 1. The van der Waals surface area contributed by atoms with Crippen LogP contribution in [0, 0.1) is 5.82 Å². The Morgan fingerprint density at radius 3 is 2.14 bits per heavy atom. The van der Waals surface area contributed by atoms with Gasteiger partial charge in [0.1, 0.15) is 11.4 Å². The minimum absolute atomic E-state index is 0.0624. The summed E-state index contributed by atoms with van der Waals surface area (Å²) in [5.41, 5.74) is 2.46. The first kappa shape index (κ1) is 19.6. The van der Waals surface area contributed by atoms with Crippen LogP contribution in [0.4, 0.5) is 9.18 Å². The molecule has 0 heterocycles. The van der Waals surface area contributed by atoms with Gasteiger partial charge in [0.05, 0.1) is 6.54 Å². The van der Waals surface area contributed by atoms with Gasteiger partial charge in [0.15, 0.2) is 0 Å². The molecular formula is C23H23FN2O2. The maximum Gasteiger partial charge on any atom is 0.315 e. The van der Waals surface area contributed by atoms with E-state index in [1.54, 1.807) is 19.1 Å². The van der Waals surface area contributed by atoms with Crippen molar-refractivity contribution in [2.75, 3.05) is 6.54 Å². The Kier molecular flexibility index (Phi) is 6.06. The quantitative estimate of drug-likeness (QED) is 0.602. The number of halogens is 1. The van der Waals surface area contributed by atoms with E-state index >= 15 is 0 Å². The molecule has 28 heavy (non-hydrogen) atoms. The van der Waals surface area contributed by atoms with Gasteiger partial charge in [0.2, 0.25) is 0 Å². The van der Waals surface area contributed by atoms with Gasteiger partial charge < -0.3 is 15.7 Å². The molecule has 0 saturated heterocycles. The van der Waals surface area contributed by atoms with Crippen molar-refractivity contribution in [2.24, 2.45) is 0 Å². The molecule has 3 N–H and O–H groups in total. The van der Waals surface area contributed by atoms with Crippen LogP contribution >= 0.6 is 0 Å². The molecule has 144 valence electrons. The van der Waals surface area contributed by atoms with Crippen LogP contribution in [-0.4, -0.2) is 17.7 Å². The summed E-state index contributed by atoms with van der Waals surface area (Å²) in [6, 6.07) is 23.1. The Labute approximate surface area is 164 Å². The summed E-state index contributed by atoms with van der Waals surface area (Å²) in [5, 5.41) is 16.1. The largest absolute Gasteiger partial charge is 0.384 e. The molecule has 0 aliphatic heterocycles. The van der Waals surface area contributed by atoms with Crippen LogP contribution in [0.1, 0.15) is 18.1 Å². The maximum atomic E-state index is 12.9. The molecule has 3 aromatic rings. The zero-order valence-electron chi connectivity index (χ0n) is 15.7. The van der Waals surface area contributed by atoms with E-state index in [-0.39, 0.29) is 18.9 Å². The van der Waals surface area contributed by atoms with E-state index in [2.05, 4.69) is 10.6 Å². The molecule has 3 rings (SSSR count). The lowest BCUT2D eigenvalue weighted by molar-refractivity contribution is 0.0594. The van der Waals surface area contributed by atoms with Crippen molar-refractivity contribution in [2.45, 2.75) is 19.1 Å². The number of carbonyl (C=O) groups is 1. The molecule has 0 bridgehead atoms. The molecule has 0 radical (unpaired) electrons. The lowest BCUT2D eigenvalue weighted by atomic mass is 9.94. The van der Waals surface area contributed by atoms with E-state index in [4.69, 9.17) is 0 Å². The highest BCUT2D eigenvalue weighted by Gasteiger charge is 2.23. The van der Waals surface area contributed by atoms with Crippen molar-refractivity contribution in [1.82, 2.24) is 10.6 Å². The molecule has 2 amide bonds. The average Bonchev–Trinajstić information content (AvgIpc) is 2.73. The van der Waals surface area contributed by atoms with Crippen molar-refractivity contribution in [1.29, 1.82) is 0 Å². The fourth-order valence-corrected chi connectivity index (χ4v) is 2.85. The van der Waals surface area contributed by atoms with Gasteiger partial charge in [0.25, 0.3) is 0 Å². The Morgan fingerprint density at radius 2 is 1.50 bits per heavy atom. The van der Waals surface area contributed by atoms with Crippen LogP contribution in [0.2, 0.25) is 0 Å². The molecular weight excluding hydrogens is 355 g/mol. The second-order valence-corrected chi connectivity index (χ2v) is 6.88. The molecule has 0 fully saturated rings. The zero-order chi connectivity index (χ0) is 20.0. The van der Waals surface area contributed by atoms with Crippen molar-refractivity contribution < 1.29 is 14.3 Å². The number of hydrogen-bond acceptors (Lipinski definition) is 2. The number of amides is 2. The Morgan fingerprint density at radius 1 is 0.893 bits per heavy atom. The first-order chi connectivity index (χ1) is 13.4. The Bertz CT molecular complexity index is 908. The third-order valence-corrected chi connectivity index (χ3v) is 4.57. The van der Waals surface area contributed by atoms with Crippen LogP contribution in [-0.2, 0) is 12.1 Å². The fourth-order valence-electron chi connectivity index (χ4n) is 2.85. The first-order valence-corrected chi connectivity index (χ1v) is 9.08. The standard InChI is InChI=1S/C23H23FN2O2/c1-23(28,16-26-22(27)25-15-17-7-13-21(24)14-8-17)20-11-9-19(10-12-20)18-5-3-2-4-6-18/h2-14,28H,15-16H2,1H3,(H2,25,26,27). The number of nitrogens with one attached hydrogen (secondary N) is 2. The van der Waals surface area contributed by atoms with Crippen molar-refractivity contribution in [3.8, 4) is 11.1 Å². The molecule has 1 atom stereocenters. The monoisotopic (exact) mass is 378 g/mol. The number of hydrogen-bond donors (Lipinski definition) is 3. The fraction of sp³-hybridized carbons (Fsp3) is 0.174. The highest BCUT2D eigenvalue weighted by Crippen LogP contribution is 2.24. The highest BCUT2D eigenvalue weighted by molar-refractivity contribution is 5.74. The summed E-state index contributed by atoms with van der Waals surface area (Å²) in [5.74, 6) is -0.317. The summed E-state index contributed by atoms with van der Waals surface area (Å²) >= 11 is 0. The summed E-state index contributed by atoms with van der Waals surface area (Å²) in [6.07, 6.45) is 0. The van der Waals surface area contributed by atoms with Crippen LogP contribution < -0.4 is 10.6 Å². The Balaban J connectivity index is 1.54. The zero-order valence-corrected chi connectivity index (χ0v) is 15.7. The van der Waals surface area contributed by atoms with Gasteiger partial charge in [-0.15, -0.1) is 0 Å². The summed E-state index contributed by atoms with van der Waals surface area (Å²) < 4.78 is 12.9. The van der Waals surface area contributed by atoms with Gasteiger partial charge in [-0.1, -0.05) is 66.7 Å². The van der Waals surface area contributed by atoms with E-state index in [0.29, 0.717) is 5.56 Å². The van der Waals surface area contributed by atoms with E-state index in [1.807, 2.05) is 54.6 Å². The van der Waals surface area contributed by atoms with Crippen LogP contribution in [0.3, 0.4) is 0 Å². The van der Waals surface area contributed by atoms with Crippen molar-refractivity contribution >= 4 is 6.03 Å². The summed E-state index contributed by atoms with van der Waals surface area (Å²) in [4.78, 5) is 12.0. The van der Waals surface area contributed by atoms with Gasteiger partial charge in [-0.05, 0) is 41.3 Å². The lowest BCUT2D eigenvalue weighted by Crippen LogP contribution is -2.43. The molecule has 0 spiro atoms. The average molecular weight is 378 g/mol. The topological polar surface area (TPSA) is 61.4 Å². The SMILES string of the molecule is CC(O)(CNC(=O)NCc1ccc(F)cc1)c1ccc(-c2ccccc2)cc1. The van der Waals surface area contributed by atoms with Crippen LogP contribution in [0.25, 0.3) is 11.1 Å². The minimum Gasteiger partial charge on any atom is -0.384 e. The lowest BCUT2D eigenvalue weighted by Gasteiger charge is -2.24. The molecule has 4 nitrogen and oxygen atoms in total. The summed E-state index contributed by atoms with van der Waals surface area (Å²) in [7, 11) is 0. The van der Waals surface area contributed by atoms with E-state index < -0.39 is 11.6 Å². The minimum atomic E-state index is -1.21. The molecule has 0 saturated carbocycles. The van der Waals surface area contributed by atoms with Gasteiger partial charge in [-0.2, -0.15) is 0 Å². The van der Waals surface area contributed by atoms with Crippen molar-refractivity contribution in [3.63, 3.8) is 0 Å². The van der Waals surface area contributed by atoms with Crippen LogP contribution in [0.5, 0.6) is 0 Å². The predicted octanol–water partition coefficient (Wildman–Crippen LogP) is 4.20. The second-order valence-electron chi connectivity index (χ2n) is 6.88. The summed E-state index contributed by atoms with van der Waals surface area (Å²) in [6.45, 7) is 2.00. The van der Waals surface area contributed by atoms with E-state index in [9.17, 15) is 14.3 Å². The molecule has 5 heteroatoms. The second kappa shape index (κ2) is 8.67. The van der Waals surface area contributed by atoms with E-state index in [0.717, 1.165) is 16.7 Å². The van der Waals surface area contributed by atoms with E-state index in [1.165, 1.54) is 12.1 Å². The first-order valence-electron chi connectivity index (χ1n) is 9.08. The third kappa shape index (κ3) is 5.18. The highest BCUT2D eigenvalue weighted by atomic mass is 19.1. The molecule has 0 aromatic heterocycles. The van der Waals surface area contributed by atoms with Gasteiger partial charge >= 0.3 is 6.03 Å². The smallest absolute Gasteiger partial charge is 0.315 e. The van der Waals surface area contributed by atoms with Gasteiger partial charge in [0, 0.05) is 6.54 Å². The predicted molar refractivity (Wildman–Crippen MR) is 108 cm³/mol. The maximum absolute atomic E-state index is 12.9. The van der Waals surface area contributed by atoms with Gasteiger partial charge in [-0.25, -0.2) is 9.18 Å². The number of benzene rings is 3. The third-order valence-electron chi connectivity index (χ3n) is 4.57. The Hall–Kier alpha value is -3.18. The normalized spacial score (nSPS) is 12.8. The van der Waals surface area contributed by atoms with Crippen molar-refractivity contribution in [3.05, 3.63) is 95.8 Å². The number of carbonyl (C=O) groups excluding carboxylic acids is 1. The van der Waals surface area contributed by atoms with Crippen LogP contribution in [0.15, 0.2) is 78.9 Å². The molecule has 0 aliphatic rings. The van der Waals surface area contributed by atoms with Gasteiger partial charge in [-0.3, -0.25) is 0 Å². The molecule has 3 aromatic carbocycles. The number of aliphatic hydroxyl groups is 1. The molecule has 0 aliphatic carbocycles. The number of rotatable bonds is 6. The molecule has 1 unspecified atom stereocenters.